The van der Waals surface area contributed by atoms with Crippen molar-refractivity contribution in [1.82, 2.24) is 0 Å². The molecule has 0 radical (unpaired) electrons. The molecule has 0 spiro atoms. The Morgan fingerprint density at radius 2 is 2.21 bits per heavy atom. The van der Waals surface area contributed by atoms with Crippen LogP contribution >= 0.6 is 27.5 Å². The smallest absolute Gasteiger partial charge is 0.328 e. The molecule has 1 N–H and O–H groups in total. The summed E-state index contributed by atoms with van der Waals surface area (Å²) in [5.41, 5.74) is 0.495. The van der Waals surface area contributed by atoms with Crippen molar-refractivity contribution in [2.75, 3.05) is 11.9 Å². The number of ether oxygens (including phenoxy) is 1. The van der Waals surface area contributed by atoms with Crippen LogP contribution in [0.5, 0.6) is 0 Å². The van der Waals surface area contributed by atoms with Crippen LogP contribution in [-0.2, 0) is 9.53 Å². The van der Waals surface area contributed by atoms with E-state index in [9.17, 15) is 9.18 Å². The van der Waals surface area contributed by atoms with Gasteiger partial charge in [0, 0.05) is 4.47 Å². The number of nitrogens with one attached hydrogen (secondary N) is 1. The van der Waals surface area contributed by atoms with Crippen molar-refractivity contribution in [1.29, 1.82) is 0 Å². The van der Waals surface area contributed by atoms with Crippen LogP contribution in [0.15, 0.2) is 16.6 Å². The fourth-order valence-electron chi connectivity index (χ4n) is 1.63. The molecule has 0 aromatic heterocycles. The summed E-state index contributed by atoms with van der Waals surface area (Å²) in [6.45, 7) is 4.04. The molecule has 1 atom stereocenters. The summed E-state index contributed by atoms with van der Waals surface area (Å²) in [6, 6.07) is 2.00. The number of carbonyl (C=O) groups excluding carboxylic acids is 1. The highest BCUT2D eigenvalue weighted by molar-refractivity contribution is 9.10. The summed E-state index contributed by atoms with van der Waals surface area (Å²) in [5, 5.41) is 3.23. The van der Waals surface area contributed by atoms with Gasteiger partial charge in [-0.15, -0.1) is 0 Å². The van der Waals surface area contributed by atoms with Crippen molar-refractivity contribution in [3.8, 4) is 0 Å². The predicted molar refractivity (Wildman–Crippen MR) is 78.1 cm³/mol. The molecule has 0 fully saturated rings. The van der Waals surface area contributed by atoms with E-state index in [-0.39, 0.29) is 11.0 Å². The van der Waals surface area contributed by atoms with Gasteiger partial charge in [-0.1, -0.05) is 24.9 Å². The summed E-state index contributed by atoms with van der Waals surface area (Å²) in [4.78, 5) is 11.8. The first-order valence-electron chi connectivity index (χ1n) is 6.07. The van der Waals surface area contributed by atoms with Gasteiger partial charge in [0.25, 0.3) is 0 Å². The number of halogens is 3. The van der Waals surface area contributed by atoms with E-state index >= 15 is 0 Å². The van der Waals surface area contributed by atoms with Crippen molar-refractivity contribution >= 4 is 39.2 Å². The zero-order chi connectivity index (χ0) is 14.4. The minimum Gasteiger partial charge on any atom is -0.464 e. The minimum atomic E-state index is -0.496. The second-order valence-corrected chi connectivity index (χ2v) is 5.24. The molecule has 1 aromatic rings. The van der Waals surface area contributed by atoms with Crippen LogP contribution in [0.4, 0.5) is 10.1 Å². The standard InChI is InChI=1S/C13H16BrClFNO2/c1-3-5-11(13(18)19-4-2)17-12-9(14)6-8(16)7-10(12)15/h6-7,11,17H,3-5H2,1-2H3. The number of esters is 1. The summed E-state index contributed by atoms with van der Waals surface area (Å²) in [7, 11) is 0. The molecule has 6 heteroatoms. The van der Waals surface area contributed by atoms with Gasteiger partial charge in [-0.2, -0.15) is 0 Å². The van der Waals surface area contributed by atoms with Crippen LogP contribution in [-0.4, -0.2) is 18.6 Å². The molecule has 3 nitrogen and oxygen atoms in total. The van der Waals surface area contributed by atoms with Crippen LogP contribution in [0.3, 0.4) is 0 Å². The Morgan fingerprint density at radius 3 is 2.74 bits per heavy atom. The Hall–Kier alpha value is -0.810. The van der Waals surface area contributed by atoms with Crippen molar-refractivity contribution in [2.24, 2.45) is 0 Å². The molecule has 0 aliphatic carbocycles. The average molecular weight is 353 g/mol. The second kappa shape index (κ2) is 7.70. The van der Waals surface area contributed by atoms with Crippen LogP contribution in [0, 0.1) is 5.82 Å². The van der Waals surface area contributed by atoms with Gasteiger partial charge in [0.15, 0.2) is 0 Å². The summed E-state index contributed by atoms with van der Waals surface area (Å²) >= 11 is 9.20. The van der Waals surface area contributed by atoms with Crippen LogP contribution in [0.25, 0.3) is 0 Å². The number of hydrogen-bond donors (Lipinski definition) is 1. The third kappa shape index (κ3) is 4.66. The molecule has 1 aromatic carbocycles. The predicted octanol–water partition coefficient (Wildman–Crippen LogP) is 4.39. The van der Waals surface area contributed by atoms with E-state index in [0.717, 1.165) is 6.42 Å². The Kier molecular flexibility index (Phi) is 6.58. The quantitative estimate of drug-likeness (QED) is 0.772. The largest absolute Gasteiger partial charge is 0.464 e. The monoisotopic (exact) mass is 351 g/mol. The third-order valence-electron chi connectivity index (χ3n) is 2.47. The van der Waals surface area contributed by atoms with Gasteiger partial charge in [0.2, 0.25) is 0 Å². The van der Waals surface area contributed by atoms with Gasteiger partial charge in [0.1, 0.15) is 11.9 Å². The van der Waals surface area contributed by atoms with Crippen LogP contribution in [0.1, 0.15) is 26.7 Å². The zero-order valence-electron chi connectivity index (χ0n) is 10.8. The normalized spacial score (nSPS) is 12.1. The maximum Gasteiger partial charge on any atom is 0.328 e. The highest BCUT2D eigenvalue weighted by Gasteiger charge is 2.21. The summed E-state index contributed by atoms with van der Waals surface area (Å²) in [5.74, 6) is -0.776. The van der Waals surface area contributed by atoms with E-state index in [1.165, 1.54) is 12.1 Å². The molecule has 0 aliphatic heterocycles. The van der Waals surface area contributed by atoms with Gasteiger partial charge in [-0.3, -0.25) is 0 Å². The highest BCUT2D eigenvalue weighted by atomic mass is 79.9. The molecule has 1 unspecified atom stereocenters. The third-order valence-corrected chi connectivity index (χ3v) is 3.40. The van der Waals surface area contributed by atoms with Crippen LogP contribution < -0.4 is 5.32 Å². The molecule has 106 valence electrons. The number of carbonyl (C=O) groups is 1. The first-order chi connectivity index (χ1) is 8.99. The van der Waals surface area contributed by atoms with Gasteiger partial charge >= 0.3 is 5.97 Å². The van der Waals surface area contributed by atoms with Crippen molar-refractivity contribution < 1.29 is 13.9 Å². The van der Waals surface area contributed by atoms with Gasteiger partial charge in [-0.05, 0) is 41.4 Å². The van der Waals surface area contributed by atoms with E-state index < -0.39 is 11.9 Å². The van der Waals surface area contributed by atoms with Crippen molar-refractivity contribution in [2.45, 2.75) is 32.7 Å². The van der Waals surface area contributed by atoms with Gasteiger partial charge in [-0.25, -0.2) is 9.18 Å². The fraction of sp³-hybridized carbons (Fsp3) is 0.462. The molecule has 19 heavy (non-hydrogen) atoms. The minimum absolute atomic E-state index is 0.220. The molecule has 0 amide bonds. The SMILES string of the molecule is CCCC(Nc1c(Cl)cc(F)cc1Br)C(=O)OCC. The first-order valence-corrected chi connectivity index (χ1v) is 7.24. The first kappa shape index (κ1) is 16.2. The number of benzene rings is 1. The number of anilines is 1. The maximum atomic E-state index is 13.1. The molecular weight excluding hydrogens is 337 g/mol. The maximum absolute atomic E-state index is 13.1. The Labute approximate surface area is 125 Å². The van der Waals surface area contributed by atoms with Crippen molar-refractivity contribution in [3.05, 3.63) is 27.4 Å². The van der Waals surface area contributed by atoms with E-state index in [1.807, 2.05) is 6.92 Å². The summed E-state index contributed by atoms with van der Waals surface area (Å²) in [6.07, 6.45) is 1.42. The second-order valence-electron chi connectivity index (χ2n) is 3.98. The molecule has 1 rings (SSSR count). The lowest BCUT2D eigenvalue weighted by atomic mass is 10.1. The lowest BCUT2D eigenvalue weighted by Crippen LogP contribution is -2.31. The fourth-order valence-corrected chi connectivity index (χ4v) is 2.56. The molecule has 0 bridgehead atoms. The molecule has 0 aliphatic rings. The average Bonchev–Trinajstić information content (AvgIpc) is 2.32. The Bertz CT molecular complexity index is 433. The number of rotatable bonds is 6. The summed E-state index contributed by atoms with van der Waals surface area (Å²) < 4.78 is 18.6. The van der Waals surface area contributed by atoms with Crippen LogP contribution in [0.2, 0.25) is 5.02 Å². The lowest BCUT2D eigenvalue weighted by molar-refractivity contribution is -0.144. The van der Waals surface area contributed by atoms with E-state index in [2.05, 4.69) is 21.2 Å². The Morgan fingerprint density at radius 1 is 1.53 bits per heavy atom. The zero-order valence-corrected chi connectivity index (χ0v) is 13.1. The molecule has 0 heterocycles. The molecular formula is C13H16BrClFNO2. The van der Waals surface area contributed by atoms with Gasteiger partial charge in [0.05, 0.1) is 17.3 Å². The molecule has 0 saturated heterocycles. The topological polar surface area (TPSA) is 38.3 Å². The van der Waals surface area contributed by atoms with Crippen molar-refractivity contribution in [3.63, 3.8) is 0 Å². The number of hydrogen-bond acceptors (Lipinski definition) is 3. The Balaban J connectivity index is 2.93. The highest BCUT2D eigenvalue weighted by Crippen LogP contribution is 2.32. The van der Waals surface area contributed by atoms with E-state index in [0.29, 0.717) is 23.2 Å². The van der Waals surface area contributed by atoms with E-state index in [4.69, 9.17) is 16.3 Å². The molecule has 0 saturated carbocycles. The van der Waals surface area contributed by atoms with Gasteiger partial charge < -0.3 is 10.1 Å². The van der Waals surface area contributed by atoms with E-state index in [1.54, 1.807) is 6.92 Å². The lowest BCUT2D eigenvalue weighted by Gasteiger charge is -2.19.